The van der Waals surface area contributed by atoms with Crippen LogP contribution in [-0.2, 0) is 23.0 Å². The molecule has 0 unspecified atom stereocenters. The molecule has 0 atom stereocenters. The van der Waals surface area contributed by atoms with E-state index in [9.17, 15) is 17.6 Å². The summed E-state index contributed by atoms with van der Waals surface area (Å²) in [6.07, 6.45) is 4.66. The number of piperidine rings is 1. The van der Waals surface area contributed by atoms with Crippen molar-refractivity contribution in [3.63, 3.8) is 0 Å². The quantitative estimate of drug-likeness (QED) is 0.211. The second kappa shape index (κ2) is 13.1. The van der Waals surface area contributed by atoms with E-state index in [1.807, 2.05) is 32.2 Å². The third-order valence-electron chi connectivity index (χ3n) is 8.08. The van der Waals surface area contributed by atoms with Crippen molar-refractivity contribution in [1.82, 2.24) is 29.6 Å². The zero-order valence-corrected chi connectivity index (χ0v) is 26.1. The van der Waals surface area contributed by atoms with Crippen LogP contribution in [0.1, 0.15) is 56.6 Å². The third kappa shape index (κ3) is 7.39. The number of aromatic amines is 1. The van der Waals surface area contributed by atoms with Crippen LogP contribution in [0.2, 0.25) is 0 Å². The predicted molar refractivity (Wildman–Crippen MR) is 166 cm³/mol. The van der Waals surface area contributed by atoms with Gasteiger partial charge in [-0.2, -0.15) is 0 Å². The molecule has 1 aliphatic rings. The first-order chi connectivity index (χ1) is 20.5. The fraction of sp³-hybridized carbons (Fsp3) is 0.469. The van der Waals surface area contributed by atoms with Gasteiger partial charge in [-0.1, -0.05) is 45.0 Å². The molecular weight excluding hydrogens is 567 g/mol. The second-order valence-electron chi connectivity index (χ2n) is 12.3. The predicted octanol–water partition coefficient (Wildman–Crippen LogP) is 5.29. The van der Waals surface area contributed by atoms with Crippen molar-refractivity contribution in [2.45, 2.75) is 58.4 Å². The maximum absolute atomic E-state index is 14.1. The van der Waals surface area contributed by atoms with Gasteiger partial charge in [-0.25, -0.2) is 17.5 Å². The van der Waals surface area contributed by atoms with Crippen LogP contribution < -0.4 is 4.72 Å². The van der Waals surface area contributed by atoms with Crippen molar-refractivity contribution in [3.05, 3.63) is 65.7 Å². The number of nitrogens with one attached hydrogen (secondary N) is 2. The number of carbonyl (C=O) groups is 1. The molecule has 2 N–H and O–H groups in total. The molecule has 5 rings (SSSR count). The highest BCUT2D eigenvalue weighted by molar-refractivity contribution is 7.89. The Morgan fingerprint density at radius 1 is 1.09 bits per heavy atom. The van der Waals surface area contributed by atoms with Gasteiger partial charge in [0.05, 0.1) is 16.8 Å². The minimum atomic E-state index is -3.54. The summed E-state index contributed by atoms with van der Waals surface area (Å²) < 4.78 is 44.2. The molecule has 1 aliphatic heterocycles. The highest BCUT2D eigenvalue weighted by atomic mass is 32.2. The Balaban J connectivity index is 1.15. The molecule has 2 aromatic carbocycles. The van der Waals surface area contributed by atoms with Gasteiger partial charge in [0.15, 0.2) is 5.78 Å². The summed E-state index contributed by atoms with van der Waals surface area (Å²) in [5.74, 6) is 0.247. The molecule has 4 aromatic rings. The second-order valence-corrected chi connectivity index (χ2v) is 14.1. The summed E-state index contributed by atoms with van der Waals surface area (Å²) in [7, 11) is -3.54. The van der Waals surface area contributed by atoms with Crippen molar-refractivity contribution in [3.8, 4) is 11.3 Å². The molecule has 2 aromatic heterocycles. The number of likely N-dealkylation sites (tertiary alicyclic amines) is 1. The lowest BCUT2D eigenvalue weighted by atomic mass is 9.97. The standard InChI is InChI=1S/C32H41FN6O3S/c1-21(2)17-23-5-8-26(9-6-23)43(41,42)34-13-16-38-14-11-24(12-15-38)19-39-20-29(36-37-39)30-27-18-25(33)7-10-28(27)35-31(30)32(40)22(3)4/h5-10,18,20-22,24,34-35H,11-17,19H2,1-4H3. The molecule has 230 valence electrons. The average molecular weight is 609 g/mol. The SMILES string of the molecule is CC(C)Cc1ccc(S(=O)(=O)NCCN2CCC(Cn3cc(-c4c(C(=O)C(C)C)[nH]c5ccc(F)cc45)nn3)CC2)cc1. The van der Waals surface area contributed by atoms with Gasteiger partial charge in [0, 0.05) is 42.0 Å². The minimum Gasteiger partial charge on any atom is -0.352 e. The Labute approximate surface area is 252 Å². The van der Waals surface area contributed by atoms with Crippen molar-refractivity contribution in [1.29, 1.82) is 0 Å². The van der Waals surface area contributed by atoms with Gasteiger partial charge < -0.3 is 9.88 Å². The van der Waals surface area contributed by atoms with Crippen LogP contribution in [0.15, 0.2) is 53.6 Å². The van der Waals surface area contributed by atoms with E-state index in [1.54, 1.807) is 22.9 Å². The minimum absolute atomic E-state index is 0.0598. The number of hydrogen-bond acceptors (Lipinski definition) is 6. The lowest BCUT2D eigenvalue weighted by molar-refractivity contribution is 0.0936. The summed E-state index contributed by atoms with van der Waals surface area (Å²) in [6.45, 7) is 11.4. The number of nitrogens with zero attached hydrogens (tertiary/aromatic N) is 4. The fourth-order valence-corrected chi connectivity index (χ4v) is 6.78. The van der Waals surface area contributed by atoms with Crippen LogP contribution in [0.5, 0.6) is 0 Å². The number of aromatic nitrogens is 4. The van der Waals surface area contributed by atoms with Gasteiger partial charge >= 0.3 is 0 Å². The van der Waals surface area contributed by atoms with Gasteiger partial charge in [0.1, 0.15) is 11.5 Å². The Kier molecular flexibility index (Phi) is 9.43. The molecule has 0 saturated carbocycles. The maximum Gasteiger partial charge on any atom is 0.240 e. The number of fused-ring (bicyclic) bond motifs is 1. The highest BCUT2D eigenvalue weighted by Crippen LogP contribution is 2.33. The van der Waals surface area contributed by atoms with Crippen LogP contribution in [-0.4, -0.2) is 65.3 Å². The van der Waals surface area contributed by atoms with E-state index in [-0.39, 0.29) is 17.5 Å². The first-order valence-electron chi connectivity index (χ1n) is 15.1. The Bertz CT molecular complexity index is 1670. The lowest BCUT2D eigenvalue weighted by Crippen LogP contribution is -2.40. The summed E-state index contributed by atoms with van der Waals surface area (Å²) in [4.78, 5) is 18.7. The van der Waals surface area contributed by atoms with Crippen molar-refractivity contribution in [2.75, 3.05) is 26.2 Å². The largest absolute Gasteiger partial charge is 0.352 e. The number of rotatable bonds is 12. The molecule has 11 heteroatoms. The molecule has 43 heavy (non-hydrogen) atoms. The first-order valence-corrected chi connectivity index (χ1v) is 16.6. The summed E-state index contributed by atoms with van der Waals surface area (Å²) in [5, 5.41) is 9.33. The molecule has 0 amide bonds. The van der Waals surface area contributed by atoms with Crippen molar-refractivity contribution in [2.24, 2.45) is 17.8 Å². The maximum atomic E-state index is 14.1. The Hall–Kier alpha value is -3.41. The topological polar surface area (TPSA) is 113 Å². The number of hydrogen-bond donors (Lipinski definition) is 2. The number of carbonyl (C=O) groups excluding carboxylic acids is 1. The molecule has 1 fully saturated rings. The molecule has 0 spiro atoms. The van der Waals surface area contributed by atoms with E-state index in [1.165, 1.54) is 12.1 Å². The Morgan fingerprint density at radius 3 is 2.49 bits per heavy atom. The van der Waals surface area contributed by atoms with E-state index >= 15 is 0 Å². The van der Waals surface area contributed by atoms with Gasteiger partial charge in [-0.15, -0.1) is 5.10 Å². The van der Waals surface area contributed by atoms with Gasteiger partial charge in [0.2, 0.25) is 10.0 Å². The molecule has 1 saturated heterocycles. The van der Waals surface area contributed by atoms with Crippen LogP contribution in [0, 0.1) is 23.6 Å². The van der Waals surface area contributed by atoms with E-state index in [0.29, 0.717) is 64.2 Å². The van der Waals surface area contributed by atoms with Crippen molar-refractivity contribution < 1.29 is 17.6 Å². The van der Waals surface area contributed by atoms with E-state index in [4.69, 9.17) is 0 Å². The van der Waals surface area contributed by atoms with Gasteiger partial charge in [-0.05, 0) is 80.1 Å². The summed E-state index contributed by atoms with van der Waals surface area (Å²) >= 11 is 0. The molecule has 0 aliphatic carbocycles. The molecule has 0 radical (unpaired) electrons. The van der Waals surface area contributed by atoms with Gasteiger partial charge in [-0.3, -0.25) is 9.48 Å². The third-order valence-corrected chi connectivity index (χ3v) is 9.55. The Morgan fingerprint density at radius 2 is 1.81 bits per heavy atom. The smallest absolute Gasteiger partial charge is 0.240 e. The van der Waals surface area contributed by atoms with Gasteiger partial charge in [0.25, 0.3) is 0 Å². The zero-order valence-electron chi connectivity index (χ0n) is 25.3. The molecular formula is C32H41FN6O3S. The number of H-pyrrole nitrogens is 1. The van der Waals surface area contributed by atoms with Crippen LogP contribution in [0.3, 0.4) is 0 Å². The number of halogens is 1. The average Bonchev–Trinajstić information content (AvgIpc) is 3.57. The molecule has 0 bridgehead atoms. The fourth-order valence-electron chi connectivity index (χ4n) is 5.76. The summed E-state index contributed by atoms with van der Waals surface area (Å²) in [5.41, 5.74) is 3.38. The molecule has 3 heterocycles. The number of ketones is 1. The number of benzene rings is 2. The molecule has 9 nitrogen and oxygen atoms in total. The number of Topliss-reactive ketones (excluding diaryl/α,β-unsaturated/α-hetero) is 1. The first kappa shape index (κ1) is 31.0. The highest BCUT2D eigenvalue weighted by Gasteiger charge is 2.25. The zero-order chi connectivity index (χ0) is 30.7. The monoisotopic (exact) mass is 608 g/mol. The van der Waals surface area contributed by atoms with Crippen LogP contribution in [0.25, 0.3) is 22.2 Å². The lowest BCUT2D eigenvalue weighted by Gasteiger charge is -2.31. The number of sulfonamides is 1. The van der Waals surface area contributed by atoms with E-state index in [0.717, 1.165) is 37.9 Å². The van der Waals surface area contributed by atoms with Crippen LogP contribution in [0.4, 0.5) is 4.39 Å². The van der Waals surface area contributed by atoms with Crippen LogP contribution >= 0.6 is 0 Å². The normalized spacial score (nSPS) is 15.2. The van der Waals surface area contributed by atoms with E-state index in [2.05, 4.69) is 38.8 Å². The van der Waals surface area contributed by atoms with Crippen molar-refractivity contribution >= 4 is 26.7 Å². The van der Waals surface area contributed by atoms with E-state index < -0.39 is 10.0 Å². The summed E-state index contributed by atoms with van der Waals surface area (Å²) in [6, 6.07) is 11.6.